The van der Waals surface area contributed by atoms with Crippen molar-refractivity contribution >= 4 is 35.0 Å². The summed E-state index contributed by atoms with van der Waals surface area (Å²) in [7, 11) is 0. The van der Waals surface area contributed by atoms with E-state index in [9.17, 15) is 14.4 Å². The maximum Gasteiger partial charge on any atom is 0.254 e. The Kier molecular flexibility index (Phi) is 5.53. The van der Waals surface area contributed by atoms with E-state index < -0.39 is 11.9 Å². The van der Waals surface area contributed by atoms with Crippen LogP contribution < -0.4 is 16.0 Å². The van der Waals surface area contributed by atoms with E-state index in [0.29, 0.717) is 29.2 Å². The maximum absolute atomic E-state index is 12.3. The largest absolute Gasteiger partial charge is 0.356 e. The molecule has 1 atom stereocenters. The number of fused-ring (bicyclic) bond motifs is 1. The van der Waals surface area contributed by atoms with Crippen molar-refractivity contribution in [3.63, 3.8) is 0 Å². The summed E-state index contributed by atoms with van der Waals surface area (Å²) >= 11 is 5.83. The molecule has 0 fully saturated rings. The fourth-order valence-corrected chi connectivity index (χ4v) is 2.84. The maximum atomic E-state index is 12.3. The van der Waals surface area contributed by atoms with Crippen molar-refractivity contribution in [2.24, 2.45) is 0 Å². The van der Waals surface area contributed by atoms with Crippen molar-refractivity contribution in [3.05, 3.63) is 64.7 Å². The normalized spacial score (nSPS) is 16.1. The zero-order valence-electron chi connectivity index (χ0n) is 13.9. The van der Waals surface area contributed by atoms with Gasteiger partial charge in [-0.15, -0.1) is 0 Å². The Balaban J connectivity index is 1.53. The van der Waals surface area contributed by atoms with Crippen LogP contribution in [0.4, 0.5) is 5.69 Å². The van der Waals surface area contributed by atoms with Crippen LogP contribution in [0.2, 0.25) is 5.02 Å². The Morgan fingerprint density at radius 2 is 1.81 bits per heavy atom. The first kappa shape index (κ1) is 17.9. The van der Waals surface area contributed by atoms with E-state index in [-0.39, 0.29) is 18.2 Å². The first-order chi connectivity index (χ1) is 12.5. The van der Waals surface area contributed by atoms with Crippen LogP contribution in [0, 0.1) is 0 Å². The highest BCUT2D eigenvalue weighted by molar-refractivity contribution is 6.30. The molecular weight excluding hydrogens is 354 g/mol. The van der Waals surface area contributed by atoms with E-state index in [0.717, 1.165) is 5.56 Å². The number of amides is 3. The summed E-state index contributed by atoms with van der Waals surface area (Å²) in [5.41, 5.74) is 1.87. The van der Waals surface area contributed by atoms with Crippen LogP contribution in [0.25, 0.3) is 0 Å². The zero-order chi connectivity index (χ0) is 18.5. The second-order valence-electron chi connectivity index (χ2n) is 5.99. The van der Waals surface area contributed by atoms with E-state index in [4.69, 9.17) is 11.6 Å². The van der Waals surface area contributed by atoms with Crippen molar-refractivity contribution in [1.29, 1.82) is 0 Å². The van der Waals surface area contributed by atoms with E-state index in [2.05, 4.69) is 16.0 Å². The molecule has 0 saturated heterocycles. The molecule has 7 heteroatoms. The third-order valence-electron chi connectivity index (χ3n) is 4.09. The molecule has 0 aliphatic carbocycles. The average molecular weight is 372 g/mol. The Hall–Kier alpha value is -2.86. The van der Waals surface area contributed by atoms with Crippen molar-refractivity contribution in [2.45, 2.75) is 18.9 Å². The molecule has 0 spiro atoms. The van der Waals surface area contributed by atoms with Gasteiger partial charge in [0.2, 0.25) is 11.8 Å². The Labute approximate surface area is 155 Å². The Morgan fingerprint density at radius 1 is 1.08 bits per heavy atom. The number of hydrogen-bond acceptors (Lipinski definition) is 3. The summed E-state index contributed by atoms with van der Waals surface area (Å²) in [6.45, 7) is 0.434. The molecule has 0 aromatic heterocycles. The van der Waals surface area contributed by atoms with Crippen LogP contribution in [0.15, 0.2) is 48.5 Å². The predicted molar refractivity (Wildman–Crippen MR) is 99.1 cm³/mol. The van der Waals surface area contributed by atoms with Gasteiger partial charge in [0.1, 0.15) is 6.04 Å². The van der Waals surface area contributed by atoms with Crippen LogP contribution >= 0.6 is 11.6 Å². The molecule has 2 aromatic rings. The number of nitrogens with one attached hydrogen (secondary N) is 3. The van der Waals surface area contributed by atoms with Gasteiger partial charge in [-0.3, -0.25) is 14.4 Å². The summed E-state index contributed by atoms with van der Waals surface area (Å²) < 4.78 is 0. The number of carbonyl (C=O) groups excluding carboxylic acids is 3. The molecule has 3 rings (SSSR count). The fraction of sp³-hybridized carbons (Fsp3) is 0.211. The van der Waals surface area contributed by atoms with Crippen molar-refractivity contribution in [2.75, 3.05) is 11.9 Å². The molecule has 1 aliphatic heterocycles. The third kappa shape index (κ3) is 4.40. The molecule has 0 radical (unpaired) electrons. The van der Waals surface area contributed by atoms with E-state index in [1.807, 2.05) is 12.1 Å². The molecule has 6 nitrogen and oxygen atoms in total. The van der Waals surface area contributed by atoms with Gasteiger partial charge in [0, 0.05) is 11.6 Å². The van der Waals surface area contributed by atoms with Gasteiger partial charge >= 0.3 is 0 Å². The predicted octanol–water partition coefficient (Wildman–Crippen LogP) is 2.14. The molecule has 2 aromatic carbocycles. The van der Waals surface area contributed by atoms with Gasteiger partial charge in [-0.1, -0.05) is 35.9 Å². The summed E-state index contributed by atoms with van der Waals surface area (Å²) in [5, 5.41) is 8.71. The summed E-state index contributed by atoms with van der Waals surface area (Å²) in [4.78, 5) is 36.6. The van der Waals surface area contributed by atoms with Crippen molar-refractivity contribution in [3.8, 4) is 0 Å². The highest BCUT2D eigenvalue weighted by Gasteiger charge is 2.29. The highest BCUT2D eigenvalue weighted by atomic mass is 35.5. The Bertz CT molecular complexity index is 836. The van der Waals surface area contributed by atoms with Crippen molar-refractivity contribution in [1.82, 2.24) is 10.6 Å². The summed E-state index contributed by atoms with van der Waals surface area (Å²) in [5.74, 6) is -1.08. The molecular formula is C19H18ClN3O3. The molecule has 1 heterocycles. The van der Waals surface area contributed by atoms with Crippen LogP contribution in [0.3, 0.4) is 0 Å². The number of rotatable bonds is 5. The quantitative estimate of drug-likeness (QED) is 0.752. The number of carbonyl (C=O) groups is 3. The number of hydrogen-bond donors (Lipinski definition) is 3. The molecule has 1 aliphatic rings. The smallest absolute Gasteiger partial charge is 0.254 e. The zero-order valence-corrected chi connectivity index (χ0v) is 14.7. The van der Waals surface area contributed by atoms with Gasteiger partial charge in [-0.25, -0.2) is 0 Å². The second-order valence-corrected chi connectivity index (χ2v) is 6.43. The lowest BCUT2D eigenvalue weighted by Crippen LogP contribution is -2.44. The number of benzene rings is 2. The molecule has 0 bridgehead atoms. The first-order valence-corrected chi connectivity index (χ1v) is 8.62. The standard InChI is InChI=1S/C19H18ClN3O3/c20-13-7-5-12(6-8-13)9-10-21-17(24)11-16-19(26)22-15-4-2-1-3-14(15)18(25)23-16/h1-8,16H,9-11H2,(H,21,24)(H,22,26)(H,23,25). The number of para-hydroxylation sites is 1. The minimum Gasteiger partial charge on any atom is -0.356 e. The Morgan fingerprint density at radius 3 is 2.58 bits per heavy atom. The van der Waals surface area contributed by atoms with E-state index in [1.54, 1.807) is 36.4 Å². The minimum atomic E-state index is -0.912. The first-order valence-electron chi connectivity index (χ1n) is 8.25. The van der Waals surface area contributed by atoms with Gasteiger partial charge < -0.3 is 16.0 Å². The molecule has 26 heavy (non-hydrogen) atoms. The summed E-state index contributed by atoms with van der Waals surface area (Å²) in [6, 6.07) is 13.2. The fourth-order valence-electron chi connectivity index (χ4n) is 2.71. The molecule has 3 amide bonds. The number of anilines is 1. The average Bonchev–Trinajstić information content (AvgIpc) is 2.74. The van der Waals surface area contributed by atoms with Crippen LogP contribution in [-0.4, -0.2) is 30.3 Å². The van der Waals surface area contributed by atoms with E-state index in [1.165, 1.54) is 0 Å². The van der Waals surface area contributed by atoms with E-state index >= 15 is 0 Å². The van der Waals surface area contributed by atoms with Gasteiger partial charge in [0.25, 0.3) is 5.91 Å². The van der Waals surface area contributed by atoms with Crippen molar-refractivity contribution < 1.29 is 14.4 Å². The third-order valence-corrected chi connectivity index (χ3v) is 4.34. The van der Waals surface area contributed by atoms with Crippen LogP contribution in [0.1, 0.15) is 22.3 Å². The van der Waals surface area contributed by atoms with Crippen LogP contribution in [-0.2, 0) is 16.0 Å². The summed E-state index contributed by atoms with van der Waals surface area (Å²) in [6.07, 6.45) is 0.532. The molecule has 3 N–H and O–H groups in total. The van der Waals surface area contributed by atoms with Gasteiger partial charge in [0.05, 0.1) is 17.7 Å². The van der Waals surface area contributed by atoms with Crippen LogP contribution in [0.5, 0.6) is 0 Å². The lowest BCUT2D eigenvalue weighted by molar-refractivity contribution is -0.125. The topological polar surface area (TPSA) is 87.3 Å². The highest BCUT2D eigenvalue weighted by Crippen LogP contribution is 2.18. The van der Waals surface area contributed by atoms with Gasteiger partial charge in [-0.2, -0.15) is 0 Å². The van der Waals surface area contributed by atoms with Gasteiger partial charge in [-0.05, 0) is 36.2 Å². The lowest BCUT2D eigenvalue weighted by Gasteiger charge is -2.14. The number of halogens is 1. The monoisotopic (exact) mass is 371 g/mol. The minimum absolute atomic E-state index is 0.119. The lowest BCUT2D eigenvalue weighted by atomic mass is 10.1. The second kappa shape index (κ2) is 8.01. The molecule has 134 valence electrons. The SMILES string of the molecule is O=C(CC1NC(=O)c2ccccc2NC1=O)NCCc1ccc(Cl)cc1. The molecule has 1 unspecified atom stereocenters. The van der Waals surface area contributed by atoms with Gasteiger partial charge in [0.15, 0.2) is 0 Å². The molecule has 0 saturated carbocycles.